The summed E-state index contributed by atoms with van der Waals surface area (Å²) in [5.74, 6) is -0.263. The first-order valence-corrected chi connectivity index (χ1v) is 9.62. The van der Waals surface area contributed by atoms with Gasteiger partial charge in [-0.2, -0.15) is 0 Å². The monoisotopic (exact) mass is 367 g/mol. The van der Waals surface area contributed by atoms with Gasteiger partial charge >= 0.3 is 5.97 Å². The average molecular weight is 367 g/mol. The summed E-state index contributed by atoms with van der Waals surface area (Å²) in [6, 6.07) is 17.8. The van der Waals surface area contributed by atoms with Gasteiger partial charge in [0.1, 0.15) is 5.92 Å². The van der Waals surface area contributed by atoms with Crippen LogP contribution in [0.2, 0.25) is 0 Å². The number of ether oxygens (including phenoxy) is 1. The third-order valence-electron chi connectivity index (χ3n) is 4.93. The molecule has 0 radical (unpaired) electrons. The fraction of sp³-hybridized carbons (Fsp3) is 0.364. The van der Waals surface area contributed by atoms with Gasteiger partial charge in [0.2, 0.25) is 0 Å². The molecular formula is C22H27N2O3+. The molecule has 1 aliphatic heterocycles. The minimum atomic E-state index is -0.135. The van der Waals surface area contributed by atoms with E-state index in [2.05, 4.69) is 5.32 Å². The molecule has 1 heterocycles. The summed E-state index contributed by atoms with van der Waals surface area (Å²) in [5, 5.41) is 3.05. The third-order valence-corrected chi connectivity index (χ3v) is 4.93. The van der Waals surface area contributed by atoms with E-state index >= 15 is 0 Å². The summed E-state index contributed by atoms with van der Waals surface area (Å²) in [6.07, 6.45) is 1.79. The number of carbonyl (C=O) groups is 2. The van der Waals surface area contributed by atoms with Crippen LogP contribution in [-0.2, 0) is 14.3 Å². The first-order valence-electron chi connectivity index (χ1n) is 9.62. The number of anilines is 1. The number of quaternary nitrogens is 1. The second-order valence-electron chi connectivity index (χ2n) is 6.93. The number of nitrogens with one attached hydrogen (secondary N) is 2. The second kappa shape index (κ2) is 9.33. The van der Waals surface area contributed by atoms with Crippen LogP contribution in [0.4, 0.5) is 5.69 Å². The lowest BCUT2D eigenvalue weighted by atomic mass is 9.98. The van der Waals surface area contributed by atoms with Crippen LogP contribution in [0.1, 0.15) is 19.8 Å². The maximum atomic E-state index is 12.6. The summed E-state index contributed by atoms with van der Waals surface area (Å²) in [4.78, 5) is 25.7. The first-order chi connectivity index (χ1) is 13.2. The van der Waals surface area contributed by atoms with E-state index in [4.69, 9.17) is 4.74 Å². The Balaban J connectivity index is 1.62. The molecule has 2 aromatic rings. The Hall–Kier alpha value is -2.66. The number of hydrogen-bond acceptors (Lipinski definition) is 3. The maximum absolute atomic E-state index is 12.6. The van der Waals surface area contributed by atoms with Gasteiger partial charge in [0.05, 0.1) is 19.7 Å². The molecule has 1 aliphatic rings. The third kappa shape index (κ3) is 5.17. The van der Waals surface area contributed by atoms with Crippen molar-refractivity contribution in [3.8, 4) is 11.1 Å². The van der Waals surface area contributed by atoms with Crippen molar-refractivity contribution in [2.24, 2.45) is 5.92 Å². The van der Waals surface area contributed by atoms with Gasteiger partial charge in [-0.05, 0) is 31.4 Å². The van der Waals surface area contributed by atoms with Crippen molar-refractivity contribution in [3.63, 3.8) is 0 Å². The van der Waals surface area contributed by atoms with Crippen LogP contribution in [0.5, 0.6) is 0 Å². The molecular weight excluding hydrogens is 340 g/mol. The van der Waals surface area contributed by atoms with Gasteiger partial charge < -0.3 is 15.0 Å². The number of piperidine rings is 1. The van der Waals surface area contributed by atoms with Crippen LogP contribution in [0, 0.1) is 5.92 Å². The summed E-state index contributed by atoms with van der Waals surface area (Å²) in [7, 11) is 0. The molecule has 2 N–H and O–H groups in total. The van der Waals surface area contributed by atoms with E-state index in [1.807, 2.05) is 61.5 Å². The zero-order chi connectivity index (χ0) is 19.1. The molecule has 0 bridgehead atoms. The van der Waals surface area contributed by atoms with Crippen molar-refractivity contribution >= 4 is 17.6 Å². The van der Waals surface area contributed by atoms with Crippen molar-refractivity contribution in [1.82, 2.24) is 0 Å². The Morgan fingerprint density at radius 3 is 2.63 bits per heavy atom. The van der Waals surface area contributed by atoms with E-state index < -0.39 is 0 Å². The quantitative estimate of drug-likeness (QED) is 0.769. The molecule has 0 aromatic heterocycles. The molecule has 0 spiro atoms. The Labute approximate surface area is 160 Å². The SMILES string of the molecule is CCOC(=O)[C@@H]1CCC[NH+](CC(=O)Nc2ccccc2-c2ccccc2)C1. The van der Waals surface area contributed by atoms with E-state index in [1.165, 1.54) is 0 Å². The molecule has 1 amide bonds. The van der Waals surface area contributed by atoms with Gasteiger partial charge in [0.15, 0.2) is 6.54 Å². The van der Waals surface area contributed by atoms with E-state index in [9.17, 15) is 9.59 Å². The molecule has 1 fully saturated rings. The number of benzene rings is 2. The summed E-state index contributed by atoms with van der Waals surface area (Å²) in [6.45, 7) is 4.15. The van der Waals surface area contributed by atoms with Crippen LogP contribution in [0.15, 0.2) is 54.6 Å². The molecule has 5 heteroatoms. The first kappa shape index (κ1) is 19.1. The number of para-hydroxylation sites is 1. The van der Waals surface area contributed by atoms with Crippen molar-refractivity contribution in [2.75, 3.05) is 31.6 Å². The van der Waals surface area contributed by atoms with E-state index in [0.29, 0.717) is 19.7 Å². The maximum Gasteiger partial charge on any atom is 0.314 e. The Bertz CT molecular complexity index is 776. The Morgan fingerprint density at radius 1 is 1.11 bits per heavy atom. The molecule has 27 heavy (non-hydrogen) atoms. The minimum absolute atomic E-state index is 0.0297. The summed E-state index contributed by atoms with van der Waals surface area (Å²) < 4.78 is 5.14. The van der Waals surface area contributed by atoms with Gasteiger partial charge in [0.25, 0.3) is 5.91 Å². The highest BCUT2D eigenvalue weighted by atomic mass is 16.5. The average Bonchev–Trinajstić information content (AvgIpc) is 2.69. The minimum Gasteiger partial charge on any atom is -0.466 e. The lowest BCUT2D eigenvalue weighted by Gasteiger charge is -2.28. The van der Waals surface area contributed by atoms with Crippen molar-refractivity contribution in [2.45, 2.75) is 19.8 Å². The number of likely N-dealkylation sites (tertiary alicyclic amines) is 1. The van der Waals surface area contributed by atoms with Gasteiger partial charge in [-0.25, -0.2) is 0 Å². The topological polar surface area (TPSA) is 59.8 Å². The molecule has 142 valence electrons. The molecule has 2 aromatic carbocycles. The van der Waals surface area contributed by atoms with Crippen molar-refractivity contribution in [1.29, 1.82) is 0 Å². The van der Waals surface area contributed by atoms with Gasteiger partial charge in [0, 0.05) is 11.3 Å². The molecule has 0 aliphatic carbocycles. The molecule has 1 saturated heterocycles. The normalized spacial score (nSPS) is 19.3. The predicted octanol–water partition coefficient (Wildman–Crippen LogP) is 2.15. The van der Waals surface area contributed by atoms with Gasteiger partial charge in [-0.1, -0.05) is 48.5 Å². The molecule has 0 saturated carbocycles. The van der Waals surface area contributed by atoms with Crippen molar-refractivity contribution in [3.05, 3.63) is 54.6 Å². The van der Waals surface area contributed by atoms with Crippen LogP contribution in [0.25, 0.3) is 11.1 Å². The smallest absolute Gasteiger partial charge is 0.314 e. The van der Waals surface area contributed by atoms with E-state index in [1.54, 1.807) is 0 Å². The molecule has 5 nitrogen and oxygen atoms in total. The zero-order valence-electron chi connectivity index (χ0n) is 15.7. The molecule has 1 unspecified atom stereocenters. The second-order valence-corrected chi connectivity index (χ2v) is 6.93. The predicted molar refractivity (Wildman–Crippen MR) is 105 cm³/mol. The number of rotatable bonds is 6. The van der Waals surface area contributed by atoms with Crippen LogP contribution in [0.3, 0.4) is 0 Å². The van der Waals surface area contributed by atoms with Gasteiger partial charge in [-0.15, -0.1) is 0 Å². The van der Waals surface area contributed by atoms with E-state index in [0.717, 1.165) is 41.1 Å². The van der Waals surface area contributed by atoms with Crippen molar-refractivity contribution < 1.29 is 19.2 Å². The highest BCUT2D eigenvalue weighted by molar-refractivity contribution is 5.96. The van der Waals surface area contributed by atoms with Crippen LogP contribution < -0.4 is 10.2 Å². The number of amides is 1. The fourth-order valence-corrected chi connectivity index (χ4v) is 3.66. The molecule has 3 rings (SSSR count). The molecule has 2 atom stereocenters. The number of esters is 1. The number of carbonyl (C=O) groups excluding carboxylic acids is 2. The summed E-state index contributed by atoms with van der Waals surface area (Å²) >= 11 is 0. The lowest BCUT2D eigenvalue weighted by molar-refractivity contribution is -0.899. The van der Waals surface area contributed by atoms with Gasteiger partial charge in [-0.3, -0.25) is 9.59 Å². The Morgan fingerprint density at radius 2 is 1.85 bits per heavy atom. The fourth-order valence-electron chi connectivity index (χ4n) is 3.66. The largest absolute Gasteiger partial charge is 0.466 e. The highest BCUT2D eigenvalue weighted by Gasteiger charge is 2.30. The van der Waals surface area contributed by atoms with Crippen LogP contribution >= 0.6 is 0 Å². The number of hydrogen-bond donors (Lipinski definition) is 2. The Kier molecular flexibility index (Phi) is 6.60. The standard InChI is InChI=1S/C22H26N2O3/c1-2-27-22(26)18-11-8-14-24(15-18)16-21(25)23-20-13-7-6-12-19(20)17-9-4-3-5-10-17/h3-7,9-10,12-13,18H,2,8,11,14-16H2,1H3,(H,23,25)/p+1/t18-/m1/s1. The van der Waals surface area contributed by atoms with Crippen LogP contribution in [-0.4, -0.2) is 38.1 Å². The highest BCUT2D eigenvalue weighted by Crippen LogP contribution is 2.27. The lowest BCUT2D eigenvalue weighted by Crippen LogP contribution is -3.14. The zero-order valence-corrected chi connectivity index (χ0v) is 15.7. The van der Waals surface area contributed by atoms with E-state index in [-0.39, 0.29) is 17.8 Å². The summed E-state index contributed by atoms with van der Waals surface area (Å²) in [5.41, 5.74) is 2.89.